The van der Waals surface area contributed by atoms with Gasteiger partial charge in [-0.1, -0.05) is 62.4 Å². The maximum absolute atomic E-state index is 15.0. The number of aliphatic hydroxyl groups excluding tert-OH is 1. The second-order valence-electron chi connectivity index (χ2n) is 24.5. The Hall–Kier alpha value is -10.1. The number of phenolic OH excluding ortho intramolecular Hbond substituents is 2. The van der Waals surface area contributed by atoms with Crippen LogP contribution < -0.4 is 93.3 Å². The number of hydrazine groups is 2. The Morgan fingerprint density at radius 1 is 0.505 bits per heavy atom. The fourth-order valence-corrected chi connectivity index (χ4v) is 10.3. The van der Waals surface area contributed by atoms with Crippen LogP contribution in [0.5, 0.6) is 11.5 Å². The minimum absolute atomic E-state index is 0.0267. The van der Waals surface area contributed by atoms with Gasteiger partial charge in [-0.3, -0.25) is 64.0 Å². The summed E-state index contributed by atoms with van der Waals surface area (Å²) in [4.78, 5) is 177. The highest BCUT2D eigenvalue weighted by Gasteiger charge is 2.37. The number of carbonyl (C=O) groups excluding carboxylic acids is 11. The number of nitrogens with one attached hydrogen (secondary N) is 12. The van der Waals surface area contributed by atoms with E-state index in [9.17, 15) is 87.9 Å². The number of aromatic hydroxyl groups is 2. The Kier molecular flexibility index (Phi) is 37.8. The van der Waals surface area contributed by atoms with Crippen LogP contribution in [-0.2, 0) is 88.0 Å². The summed E-state index contributed by atoms with van der Waals surface area (Å²) < 4.78 is 0. The van der Waals surface area contributed by atoms with Gasteiger partial charge in [0.1, 0.15) is 60.1 Å². The molecule has 36 nitrogen and oxygen atoms in total. The predicted molar refractivity (Wildman–Crippen MR) is 365 cm³/mol. The average molecular weight is 1420 g/mol. The van der Waals surface area contributed by atoms with Crippen LogP contribution in [0.2, 0.25) is 0 Å². The van der Waals surface area contributed by atoms with Gasteiger partial charge in [0.25, 0.3) is 0 Å². The molecule has 0 aliphatic carbocycles. The molecule has 3 aromatic carbocycles. The van der Waals surface area contributed by atoms with Gasteiger partial charge in [0, 0.05) is 19.4 Å². The second kappa shape index (κ2) is 44.8. The molecule has 36 heteroatoms. The molecule has 8 amide bonds. The van der Waals surface area contributed by atoms with Gasteiger partial charge in [-0.25, -0.2) is 21.1 Å². The zero-order valence-electron chi connectivity index (χ0n) is 56.4. The number of Topliss-reactive ketones (excluding diaryl/α,β-unsaturated/α-hetero) is 2. The number of benzene rings is 3. The normalized spacial score (nSPS) is 14.4. The maximum Gasteiger partial charge on any atom is 0.328 e. The van der Waals surface area contributed by atoms with Crippen LogP contribution in [0.3, 0.4) is 0 Å². The fourth-order valence-electron chi connectivity index (χ4n) is 10.3. The summed E-state index contributed by atoms with van der Waals surface area (Å²) >= 11 is 0. The van der Waals surface area contributed by atoms with Crippen molar-refractivity contribution in [2.75, 3.05) is 26.2 Å². The van der Waals surface area contributed by atoms with Crippen LogP contribution >= 0.6 is 0 Å². The van der Waals surface area contributed by atoms with Crippen LogP contribution in [0.25, 0.3) is 0 Å². The number of amides is 8. The van der Waals surface area contributed by atoms with E-state index in [1.165, 1.54) is 72.8 Å². The molecular formula is C65H98N18O18. The standard InChI is InChI=1S/C65H98N18O18/c1-35(2)26-47(81-72)55(91)56(92)48(27-36-15-19-41(86)20-16-36)82-83-51(63(99)74-40(33-84)31-54(89)90)30-39-11-4-3-10-38(39)29-50(78-57(93)43(68)32-53(69)88)62(98)76-44(12-5-7-23-66)58(94)75-45(13-6-8-24-67)59(95)79-49(28-37-17-21-42(87)22-18-37)61(97)77-46(14-9-25-73-65(70)71)60(96)80-52(34-85)64(100)101/h3-4,10-11,15-22,33,35,40,43-52,81-83,85-87H,5-9,12-14,23-32,34,66-68,72H2,1-2H3,(H2,69,88)(H,74,99)(H,75,94)(H,76,98)(H,77,97)(H,78,93)(H,79,95)(H,80,96)(H,89,90)(H,100,101)(H4,70,71,73)/t40-,43+,44?,45+,46+,47+,48+,49?,50?,51?,52?/m1/s1. The molecule has 29 N–H and O–H groups in total. The third kappa shape index (κ3) is 31.3. The third-order valence-electron chi connectivity index (χ3n) is 15.7. The highest BCUT2D eigenvalue weighted by molar-refractivity contribution is 6.41. The van der Waals surface area contributed by atoms with Gasteiger partial charge in [-0.15, -0.1) is 0 Å². The fraction of sp³-hybridized carbons (Fsp3) is 0.508. The molecule has 0 radical (unpaired) electrons. The molecule has 556 valence electrons. The van der Waals surface area contributed by atoms with E-state index >= 15 is 0 Å². The number of phenols is 2. The number of carboxylic acid groups (broad SMARTS) is 2. The van der Waals surface area contributed by atoms with Crippen molar-refractivity contribution in [2.24, 2.45) is 40.4 Å². The lowest BCUT2D eigenvalue weighted by Crippen LogP contribution is -2.60. The number of aldehydes is 1. The smallest absolute Gasteiger partial charge is 0.328 e. The highest BCUT2D eigenvalue weighted by Crippen LogP contribution is 2.19. The van der Waals surface area contributed by atoms with Crippen molar-refractivity contribution in [2.45, 2.75) is 177 Å². The van der Waals surface area contributed by atoms with Crippen molar-refractivity contribution in [3.05, 3.63) is 95.1 Å². The molecule has 0 bridgehead atoms. The Labute approximate surface area is 582 Å². The number of ketones is 2. The molecular weight excluding hydrogens is 1320 g/mol. The summed E-state index contributed by atoms with van der Waals surface area (Å²) in [6.45, 7) is 2.87. The van der Waals surface area contributed by atoms with E-state index in [1.807, 2.05) is 0 Å². The van der Waals surface area contributed by atoms with Gasteiger partial charge >= 0.3 is 11.9 Å². The number of carboxylic acids is 2. The lowest BCUT2D eigenvalue weighted by molar-refractivity contribution is -0.143. The van der Waals surface area contributed by atoms with E-state index in [1.54, 1.807) is 13.8 Å². The minimum Gasteiger partial charge on any atom is -0.508 e. The lowest BCUT2D eigenvalue weighted by atomic mass is 9.93. The average Bonchev–Trinajstić information content (AvgIpc) is 0.844. The van der Waals surface area contributed by atoms with Gasteiger partial charge in [0.15, 0.2) is 5.96 Å². The van der Waals surface area contributed by atoms with E-state index in [0.29, 0.717) is 24.0 Å². The third-order valence-corrected chi connectivity index (χ3v) is 15.7. The number of hydrogen-bond acceptors (Lipinski definition) is 24. The molecule has 0 saturated carbocycles. The van der Waals surface area contributed by atoms with Crippen molar-refractivity contribution in [1.29, 1.82) is 5.41 Å². The maximum atomic E-state index is 15.0. The summed E-state index contributed by atoms with van der Waals surface area (Å²) in [6.07, 6.45) is -2.01. The summed E-state index contributed by atoms with van der Waals surface area (Å²) in [5.74, 6) is -8.09. The summed E-state index contributed by atoms with van der Waals surface area (Å²) in [6, 6.07) is 0.162. The Morgan fingerprint density at radius 2 is 0.911 bits per heavy atom. The molecule has 5 unspecified atom stereocenters. The molecule has 3 rings (SSSR count). The first kappa shape index (κ1) is 85.1. The number of aliphatic carboxylic acids is 2. The molecule has 11 atom stereocenters. The van der Waals surface area contributed by atoms with Crippen molar-refractivity contribution in [1.82, 2.24) is 58.8 Å². The number of carbonyl (C=O) groups is 13. The largest absolute Gasteiger partial charge is 0.508 e. The van der Waals surface area contributed by atoms with Gasteiger partial charge in [-0.2, -0.15) is 0 Å². The Balaban J connectivity index is 2.16. The molecule has 0 fully saturated rings. The first-order valence-electron chi connectivity index (χ1n) is 32.8. The quantitative estimate of drug-likeness (QED) is 0.00477. The molecule has 0 saturated heterocycles. The molecule has 3 aromatic rings. The molecule has 101 heavy (non-hydrogen) atoms. The van der Waals surface area contributed by atoms with Crippen LogP contribution in [0.1, 0.15) is 107 Å². The van der Waals surface area contributed by atoms with E-state index < -0.39 is 175 Å². The molecule has 0 aromatic heterocycles. The number of aliphatic hydroxyl groups is 1. The number of rotatable bonds is 50. The van der Waals surface area contributed by atoms with Gasteiger partial charge < -0.3 is 102 Å². The zero-order valence-corrected chi connectivity index (χ0v) is 56.4. The molecule has 0 aliphatic rings. The second-order valence-corrected chi connectivity index (χ2v) is 24.5. The Bertz CT molecular complexity index is 3270. The van der Waals surface area contributed by atoms with Crippen LogP contribution in [-0.4, -0.2) is 201 Å². The van der Waals surface area contributed by atoms with Crippen molar-refractivity contribution < 1.29 is 87.9 Å². The van der Waals surface area contributed by atoms with Crippen LogP contribution in [0.4, 0.5) is 0 Å². The molecule has 0 aliphatic heterocycles. The number of unbranched alkanes of at least 4 members (excludes halogenated alkanes) is 2. The SMILES string of the molecule is CC(C)C[C@H](NN)C(=O)C(=O)[C@H](Cc1ccc(O)cc1)NNC(Cc1ccccc1CC(NC(=O)[C@@H](N)CC(N)=O)C(=O)NC(CCCCN)C(=O)N[C@@H](CCCCN)C(=O)NC(Cc1ccc(O)cc1)C(=O)N[C@@H](CCCNC(=N)N)C(=O)NC(CO)C(=O)O)C(=O)N[C@@H](C=O)CC(=O)O. The first-order chi connectivity index (χ1) is 47.9. The van der Waals surface area contributed by atoms with Crippen LogP contribution in [0.15, 0.2) is 72.8 Å². The number of hydrogen-bond donors (Lipinski definition) is 23. The number of primary amides is 1. The lowest BCUT2D eigenvalue weighted by Gasteiger charge is -2.28. The van der Waals surface area contributed by atoms with E-state index in [-0.39, 0.29) is 112 Å². The first-order valence-corrected chi connectivity index (χ1v) is 32.8. The Morgan fingerprint density at radius 3 is 1.34 bits per heavy atom. The van der Waals surface area contributed by atoms with Gasteiger partial charge in [0.2, 0.25) is 58.8 Å². The minimum atomic E-state index is -1.79. The number of nitrogens with two attached hydrogens (primary N) is 6. The zero-order chi connectivity index (χ0) is 75.3. The van der Waals surface area contributed by atoms with Crippen molar-refractivity contribution in [3.63, 3.8) is 0 Å². The van der Waals surface area contributed by atoms with E-state index in [4.69, 9.17) is 39.9 Å². The topological polar surface area (TPSA) is 635 Å². The molecule has 0 spiro atoms. The summed E-state index contributed by atoms with van der Waals surface area (Å²) in [7, 11) is 0. The summed E-state index contributed by atoms with van der Waals surface area (Å²) in [5, 5.41) is 76.5. The summed E-state index contributed by atoms with van der Waals surface area (Å²) in [5.41, 5.74) is 37.8. The monoisotopic (exact) mass is 1420 g/mol. The van der Waals surface area contributed by atoms with Gasteiger partial charge in [0.05, 0.1) is 43.6 Å². The molecule has 0 heterocycles. The van der Waals surface area contributed by atoms with Gasteiger partial charge in [-0.05, 0) is 136 Å². The van der Waals surface area contributed by atoms with Crippen molar-refractivity contribution >= 4 is 83.0 Å². The highest BCUT2D eigenvalue weighted by atomic mass is 16.4. The number of guanidine groups is 1. The predicted octanol–water partition coefficient (Wildman–Crippen LogP) is -5.62. The van der Waals surface area contributed by atoms with E-state index in [2.05, 4.69) is 58.8 Å². The van der Waals surface area contributed by atoms with Crippen LogP contribution in [0, 0.1) is 11.3 Å². The van der Waals surface area contributed by atoms with Crippen molar-refractivity contribution in [3.8, 4) is 11.5 Å². The van der Waals surface area contributed by atoms with E-state index in [0.717, 1.165) is 0 Å².